The van der Waals surface area contributed by atoms with Gasteiger partial charge in [0.25, 0.3) is 29.8 Å². The van der Waals surface area contributed by atoms with Gasteiger partial charge in [0.2, 0.25) is 11.9 Å². The van der Waals surface area contributed by atoms with Gasteiger partial charge in [0.15, 0.2) is 22.9 Å². The lowest BCUT2D eigenvalue weighted by Crippen LogP contribution is -2.27. The third kappa shape index (κ3) is 37.6. The summed E-state index contributed by atoms with van der Waals surface area (Å²) in [5.74, 6) is -3.24. The highest BCUT2D eigenvalue weighted by Gasteiger charge is 2.04. The van der Waals surface area contributed by atoms with E-state index in [9.17, 15) is 0 Å². The zero-order valence-electron chi connectivity index (χ0n) is 27.4. The number of rotatable bonds is 4. The zero-order valence-corrected chi connectivity index (χ0v) is 27.4. The average Bonchev–Trinajstić information content (AvgIpc) is 3.58. The number of aliphatic carboxylic acids is 5. The van der Waals surface area contributed by atoms with E-state index in [1.54, 1.807) is 0 Å². The number of nitrogens with one attached hydrogen (secondary N) is 3. The Balaban J connectivity index is -0.000000249. The molecule has 0 saturated carbocycles. The molecule has 4 aromatic rings. The third-order valence-electron chi connectivity index (χ3n) is 3.30. The molecule has 0 aliphatic carbocycles. The molecular weight excluding hydrogens is 658 g/mol. The molecule has 25 nitrogen and oxygen atoms in total. The smallest absolute Gasteiger partial charge is 0.300 e. The lowest BCUT2D eigenvalue weighted by atomic mass is 10.5. The molecule has 0 amide bonds. The summed E-state index contributed by atoms with van der Waals surface area (Å²) in [6.07, 6.45) is 2.99. The molecule has 276 valence electrons. The number of hydrogen-bond donors (Lipinski definition) is 14. The molecule has 4 heterocycles. The fourth-order valence-corrected chi connectivity index (χ4v) is 2.08. The number of carbonyl (C=O) groups is 5. The highest BCUT2D eigenvalue weighted by atomic mass is 16.4. The zero-order chi connectivity index (χ0) is 39.1. The van der Waals surface area contributed by atoms with E-state index in [2.05, 4.69) is 45.2 Å². The SMILES string of the molecule is CC(=O)O.CC(=O)O.CC(=O)O.CC(=O)O.CC(=O)O.NCCNCCN.Nc1nc(N)c2[nH]cnc2n1.Nc1nc(N)c2[nH]cnc2n1. The van der Waals surface area contributed by atoms with E-state index in [0.29, 0.717) is 47.1 Å². The number of anilines is 4. The first-order valence-corrected chi connectivity index (χ1v) is 13.1. The summed E-state index contributed by atoms with van der Waals surface area (Å²) in [6, 6.07) is 0. The highest BCUT2D eigenvalue weighted by molar-refractivity contribution is 5.82. The first-order valence-electron chi connectivity index (χ1n) is 13.1. The van der Waals surface area contributed by atoms with Crippen molar-refractivity contribution in [2.45, 2.75) is 34.6 Å². The van der Waals surface area contributed by atoms with Gasteiger partial charge < -0.3 is 75.2 Å². The van der Waals surface area contributed by atoms with Crippen LogP contribution in [0.5, 0.6) is 0 Å². The lowest BCUT2D eigenvalue weighted by molar-refractivity contribution is -0.135. The van der Waals surface area contributed by atoms with E-state index in [1.165, 1.54) is 12.7 Å². The minimum absolute atomic E-state index is 0.141. The first kappa shape index (κ1) is 49.4. The van der Waals surface area contributed by atoms with E-state index in [0.717, 1.165) is 47.7 Å². The molecule has 4 rings (SSSR count). The van der Waals surface area contributed by atoms with Gasteiger partial charge in [0.1, 0.15) is 11.0 Å². The van der Waals surface area contributed by atoms with Gasteiger partial charge in [-0.05, 0) is 0 Å². The van der Waals surface area contributed by atoms with Crippen LogP contribution in [-0.2, 0) is 24.0 Å². The molecule has 0 radical (unpaired) electrons. The molecule has 4 aromatic heterocycles. The van der Waals surface area contributed by atoms with Gasteiger partial charge in [0, 0.05) is 60.8 Å². The Kier molecular flexibility index (Phi) is 30.5. The van der Waals surface area contributed by atoms with Crippen molar-refractivity contribution in [3.63, 3.8) is 0 Å². The number of nitrogens with zero attached hydrogens (tertiary/aromatic N) is 6. The maximum atomic E-state index is 9.00. The molecule has 0 atom stereocenters. The molecule has 0 spiro atoms. The quantitative estimate of drug-likeness (QED) is 0.102. The number of carboxylic acids is 5. The van der Waals surface area contributed by atoms with E-state index in [1.807, 2.05) is 0 Å². The Morgan fingerprint density at radius 2 is 0.816 bits per heavy atom. The largest absolute Gasteiger partial charge is 0.481 e. The van der Waals surface area contributed by atoms with Gasteiger partial charge in [-0.2, -0.15) is 19.9 Å². The molecule has 0 aliphatic heterocycles. The summed E-state index contributed by atoms with van der Waals surface area (Å²) < 4.78 is 0. The topological polar surface area (TPSA) is 464 Å². The average molecular weight is 704 g/mol. The lowest BCUT2D eigenvalue weighted by Gasteiger charge is -1.95. The molecule has 0 aromatic carbocycles. The predicted molar refractivity (Wildman–Crippen MR) is 179 cm³/mol. The van der Waals surface area contributed by atoms with Crippen LogP contribution >= 0.6 is 0 Å². The van der Waals surface area contributed by atoms with Crippen molar-refractivity contribution in [3.8, 4) is 0 Å². The van der Waals surface area contributed by atoms with Crippen LogP contribution in [0.1, 0.15) is 34.6 Å². The number of fused-ring (bicyclic) bond motifs is 2. The van der Waals surface area contributed by atoms with Crippen LogP contribution in [0.25, 0.3) is 22.3 Å². The molecule has 0 bridgehead atoms. The Bertz CT molecular complexity index is 1360. The summed E-state index contributed by atoms with van der Waals surface area (Å²) in [5, 5.41) is 40.1. The van der Waals surface area contributed by atoms with Gasteiger partial charge in [-0.15, -0.1) is 0 Å². The van der Waals surface area contributed by atoms with Crippen LogP contribution in [0.15, 0.2) is 12.7 Å². The summed E-state index contributed by atoms with van der Waals surface area (Å²) >= 11 is 0. The molecule has 0 fully saturated rings. The second kappa shape index (κ2) is 30.2. The summed E-state index contributed by atoms with van der Waals surface area (Å²) in [4.78, 5) is 73.5. The van der Waals surface area contributed by atoms with Gasteiger partial charge >= 0.3 is 0 Å². The van der Waals surface area contributed by atoms with Crippen LogP contribution in [0.4, 0.5) is 23.5 Å². The highest BCUT2D eigenvalue weighted by Crippen LogP contribution is 2.13. The van der Waals surface area contributed by atoms with Crippen molar-refractivity contribution in [2.24, 2.45) is 11.5 Å². The van der Waals surface area contributed by atoms with Gasteiger partial charge in [-0.1, -0.05) is 0 Å². The molecule has 0 aliphatic rings. The van der Waals surface area contributed by atoms with Crippen molar-refractivity contribution in [1.82, 2.24) is 45.2 Å². The summed E-state index contributed by atoms with van der Waals surface area (Å²) in [5.41, 5.74) is 34.2. The second-order valence-electron chi connectivity index (χ2n) is 8.06. The third-order valence-corrected chi connectivity index (χ3v) is 3.30. The Morgan fingerprint density at radius 1 is 0.571 bits per heavy atom. The number of carboxylic acid groups (broad SMARTS) is 5. The standard InChI is InChI=1S/2C5H6N6.C4H13N3.5C2H4O2/c2*6-3-2-4(9-1-8-2)11-5(7)10-3;5-1-3-7-4-2-6;5*1-2(3)4/h2*1H,(H5,6,7,8,9,10,11);7H,1-6H2;5*1H3,(H,3,4). The summed E-state index contributed by atoms with van der Waals surface area (Å²) in [7, 11) is 0. The van der Waals surface area contributed by atoms with Crippen LogP contribution in [0, 0.1) is 0 Å². The second-order valence-corrected chi connectivity index (χ2v) is 8.06. The Hall–Kier alpha value is -6.47. The molecule has 0 saturated heterocycles. The number of nitrogen functional groups attached to an aromatic ring is 4. The minimum Gasteiger partial charge on any atom is -0.481 e. The van der Waals surface area contributed by atoms with Gasteiger partial charge in [0.05, 0.1) is 12.7 Å². The van der Waals surface area contributed by atoms with Crippen molar-refractivity contribution in [1.29, 1.82) is 0 Å². The molecular formula is C24H45N15O10. The number of nitrogens with two attached hydrogens (primary N) is 6. The van der Waals surface area contributed by atoms with Gasteiger partial charge in [-0.3, -0.25) is 24.0 Å². The van der Waals surface area contributed by atoms with Crippen LogP contribution < -0.4 is 39.7 Å². The fraction of sp³-hybridized carbons (Fsp3) is 0.375. The molecule has 25 heteroatoms. The van der Waals surface area contributed by atoms with Crippen molar-refractivity contribution in [3.05, 3.63) is 12.7 Å². The van der Waals surface area contributed by atoms with Crippen molar-refractivity contribution in [2.75, 3.05) is 49.1 Å². The van der Waals surface area contributed by atoms with E-state index >= 15 is 0 Å². The maximum Gasteiger partial charge on any atom is 0.300 e. The van der Waals surface area contributed by atoms with Crippen LogP contribution in [0.2, 0.25) is 0 Å². The minimum atomic E-state index is -0.833. The van der Waals surface area contributed by atoms with Crippen LogP contribution in [-0.4, -0.2) is 121 Å². The molecule has 0 unspecified atom stereocenters. The molecule has 49 heavy (non-hydrogen) atoms. The number of aromatic amines is 2. The number of hydrogen-bond acceptors (Lipinski definition) is 18. The van der Waals surface area contributed by atoms with E-state index in [4.69, 9.17) is 83.9 Å². The maximum absolute atomic E-state index is 9.00. The van der Waals surface area contributed by atoms with E-state index in [-0.39, 0.29) is 11.9 Å². The number of aromatic nitrogens is 8. The van der Waals surface area contributed by atoms with Crippen molar-refractivity contribution < 1.29 is 49.5 Å². The van der Waals surface area contributed by atoms with E-state index < -0.39 is 29.8 Å². The number of H-pyrrole nitrogens is 2. The van der Waals surface area contributed by atoms with Crippen LogP contribution in [0.3, 0.4) is 0 Å². The molecule has 20 N–H and O–H groups in total. The fourth-order valence-electron chi connectivity index (χ4n) is 2.08. The Labute approximate surface area is 278 Å². The normalized spacial score (nSPS) is 8.63. The Morgan fingerprint density at radius 3 is 1.04 bits per heavy atom. The van der Waals surface area contributed by atoms with Gasteiger partial charge in [-0.25, -0.2) is 9.97 Å². The number of imidazole rings is 2. The predicted octanol–water partition coefficient (Wildman–Crippen LogP) is -2.02. The first-order chi connectivity index (χ1) is 22.6. The summed E-state index contributed by atoms with van der Waals surface area (Å²) in [6.45, 7) is 8.55. The monoisotopic (exact) mass is 703 g/mol. The van der Waals surface area contributed by atoms with Crippen molar-refractivity contribution >= 4 is 75.7 Å².